The van der Waals surface area contributed by atoms with Gasteiger partial charge in [0.2, 0.25) is 0 Å². The van der Waals surface area contributed by atoms with Crippen LogP contribution >= 0.6 is 0 Å². The molecule has 0 atom stereocenters. The van der Waals surface area contributed by atoms with Gasteiger partial charge >= 0.3 is 0 Å². The molecular formula is C59H93N3. The highest BCUT2D eigenvalue weighted by molar-refractivity contribution is 6.22. The normalized spacial score (nSPS) is 9.24. The van der Waals surface area contributed by atoms with Crippen LogP contribution in [-0.2, 0) is 7.05 Å². The number of fused-ring (bicyclic) bond motifs is 3. The second kappa shape index (κ2) is 41.6. The molecule has 3 nitrogen and oxygen atoms in total. The largest absolute Gasteiger partial charge is 0.344 e. The van der Waals surface area contributed by atoms with Crippen molar-refractivity contribution in [2.75, 3.05) is 33.9 Å². The van der Waals surface area contributed by atoms with Gasteiger partial charge in [0.25, 0.3) is 0 Å². The maximum Gasteiger partial charge on any atom is 0.0500 e. The van der Waals surface area contributed by atoms with Crippen molar-refractivity contribution in [3.8, 4) is 0 Å². The van der Waals surface area contributed by atoms with Gasteiger partial charge in [0.05, 0.1) is 0 Å². The van der Waals surface area contributed by atoms with Crippen LogP contribution in [0.4, 0.5) is 0 Å². The minimum atomic E-state index is 1.08. The van der Waals surface area contributed by atoms with Gasteiger partial charge in [-0.3, -0.25) is 9.80 Å². The molecule has 0 fully saturated rings. The summed E-state index contributed by atoms with van der Waals surface area (Å²) < 4.78 is 2.24. The summed E-state index contributed by atoms with van der Waals surface area (Å²) in [5, 5.41) is 10.8. The first-order valence-electron chi connectivity index (χ1n) is 24.3. The van der Waals surface area contributed by atoms with Crippen LogP contribution in [0.5, 0.6) is 0 Å². The Morgan fingerprint density at radius 1 is 0.355 bits per heavy atom. The van der Waals surface area contributed by atoms with Gasteiger partial charge in [-0.1, -0.05) is 264 Å². The Balaban J connectivity index is -0.000000693. The van der Waals surface area contributed by atoms with E-state index in [2.05, 4.69) is 172 Å². The Morgan fingerprint density at radius 2 is 0.629 bits per heavy atom. The van der Waals surface area contributed by atoms with Gasteiger partial charge in [0.15, 0.2) is 0 Å². The fraction of sp³-hybridized carbons (Fsp3) is 0.424. The second-order valence-corrected chi connectivity index (χ2v) is 12.9. The van der Waals surface area contributed by atoms with E-state index in [1.165, 1.54) is 73.4 Å². The van der Waals surface area contributed by atoms with Gasteiger partial charge in [0, 0.05) is 35.5 Å². The van der Waals surface area contributed by atoms with Crippen LogP contribution in [-0.4, -0.2) is 48.2 Å². The average molecular weight is 844 g/mol. The molecule has 7 aromatic carbocycles. The Hall–Kier alpha value is -4.70. The second-order valence-electron chi connectivity index (χ2n) is 12.9. The van der Waals surface area contributed by atoms with Gasteiger partial charge in [-0.15, -0.1) is 0 Å². The highest BCUT2D eigenvalue weighted by atomic mass is 15.3. The minimum absolute atomic E-state index is 1.08. The third-order valence-electron chi connectivity index (χ3n) is 9.15. The Kier molecular flexibility index (Phi) is 41.4. The number of para-hydroxylation sites is 2. The van der Waals surface area contributed by atoms with Crippen molar-refractivity contribution in [2.24, 2.45) is 7.05 Å². The van der Waals surface area contributed by atoms with E-state index in [4.69, 9.17) is 0 Å². The summed E-state index contributed by atoms with van der Waals surface area (Å²) in [5.41, 5.74) is 2.60. The lowest BCUT2D eigenvalue weighted by molar-refractivity contribution is 0.196. The lowest BCUT2D eigenvalue weighted by Crippen LogP contribution is -2.32. The van der Waals surface area contributed by atoms with E-state index >= 15 is 0 Å². The zero-order valence-corrected chi connectivity index (χ0v) is 43.4. The molecule has 0 unspecified atom stereocenters. The van der Waals surface area contributed by atoms with Crippen LogP contribution in [0.2, 0.25) is 0 Å². The molecule has 0 amide bonds. The molecule has 8 rings (SSSR count). The zero-order chi connectivity index (χ0) is 47.7. The van der Waals surface area contributed by atoms with Crippen molar-refractivity contribution >= 4 is 54.1 Å². The van der Waals surface area contributed by atoms with Gasteiger partial charge < -0.3 is 4.57 Å². The Labute approximate surface area is 383 Å². The topological polar surface area (TPSA) is 11.4 Å². The van der Waals surface area contributed by atoms with Crippen molar-refractivity contribution < 1.29 is 0 Å². The summed E-state index contributed by atoms with van der Waals surface area (Å²) in [6, 6.07) is 50.9. The summed E-state index contributed by atoms with van der Waals surface area (Å²) in [6.07, 6.45) is 4.08. The summed E-state index contributed by atoms with van der Waals surface area (Å²) in [5.74, 6) is 0. The van der Waals surface area contributed by atoms with Crippen molar-refractivity contribution in [3.05, 3.63) is 146 Å². The summed E-state index contributed by atoms with van der Waals surface area (Å²) in [7, 11) is 6.38. The number of aryl methyl sites for hydroxylation is 1. The van der Waals surface area contributed by atoms with Crippen LogP contribution in [0.3, 0.4) is 0 Å². The lowest BCUT2D eigenvalue weighted by Gasteiger charge is -2.21. The van der Waals surface area contributed by atoms with Crippen LogP contribution in [0, 0.1) is 0 Å². The maximum absolute atomic E-state index is 2.28. The standard InChI is InChI=1S/C16H10.C13H11N.C7H18N2.C6H6.C5H12.6C2H6/c1-3-11-7-9-13-5-2-6-14-10-8-12(4-1)15(11)16(13)14;1-14-12-8-4-2-6-10(12)11-7-3-5-9-13(11)14;1-5-8(3)7-9(4)6-2;1-2-4-6-5-3-1;1-3-5-4-2;6*1-2/h1-10H;2-9H,1H3;5-7H2,1-4H3;1-6H;3-5H2,1-2H3;6*1-2H3. The van der Waals surface area contributed by atoms with Gasteiger partial charge in [-0.2, -0.15) is 0 Å². The summed E-state index contributed by atoms with van der Waals surface area (Å²) in [4.78, 5) is 4.56. The Bertz CT molecular complexity index is 1890. The molecule has 0 N–H and O–H groups in total. The van der Waals surface area contributed by atoms with Crippen LogP contribution < -0.4 is 0 Å². The van der Waals surface area contributed by atoms with Crippen molar-refractivity contribution in [1.29, 1.82) is 0 Å². The fourth-order valence-corrected chi connectivity index (χ4v) is 6.14. The molecule has 344 valence electrons. The highest BCUT2D eigenvalue weighted by Crippen LogP contribution is 2.34. The molecule has 0 aliphatic rings. The molecule has 0 aliphatic heterocycles. The molecule has 0 saturated heterocycles. The van der Waals surface area contributed by atoms with E-state index in [1.807, 2.05) is 119 Å². The molecule has 8 aromatic rings. The van der Waals surface area contributed by atoms with E-state index < -0.39 is 0 Å². The number of rotatable bonds is 6. The van der Waals surface area contributed by atoms with Crippen LogP contribution in [0.15, 0.2) is 146 Å². The predicted molar refractivity (Wildman–Crippen MR) is 292 cm³/mol. The molecular weight excluding hydrogens is 751 g/mol. The first-order valence-corrected chi connectivity index (χ1v) is 24.3. The van der Waals surface area contributed by atoms with E-state index in [0.717, 1.165) is 19.8 Å². The van der Waals surface area contributed by atoms with Crippen molar-refractivity contribution in [3.63, 3.8) is 0 Å². The third-order valence-corrected chi connectivity index (χ3v) is 9.15. The van der Waals surface area contributed by atoms with Crippen LogP contribution in [0.1, 0.15) is 130 Å². The molecule has 3 heteroatoms. The molecule has 0 saturated carbocycles. The first kappa shape index (κ1) is 61.6. The highest BCUT2D eigenvalue weighted by Gasteiger charge is 2.07. The van der Waals surface area contributed by atoms with Gasteiger partial charge in [-0.25, -0.2) is 0 Å². The predicted octanol–water partition coefficient (Wildman–Crippen LogP) is 18.8. The molecule has 0 aliphatic carbocycles. The molecule has 0 radical (unpaired) electrons. The quantitative estimate of drug-likeness (QED) is 0.122. The monoisotopic (exact) mass is 844 g/mol. The summed E-state index contributed by atoms with van der Waals surface area (Å²) >= 11 is 0. The van der Waals surface area contributed by atoms with E-state index in [1.54, 1.807) is 0 Å². The zero-order valence-electron chi connectivity index (χ0n) is 43.4. The van der Waals surface area contributed by atoms with E-state index in [0.29, 0.717) is 0 Å². The first-order chi connectivity index (χ1) is 30.4. The molecule has 0 spiro atoms. The number of hydrogen-bond donors (Lipinski definition) is 0. The average Bonchev–Trinajstić information content (AvgIpc) is 3.67. The number of aromatic nitrogens is 1. The number of nitrogens with zero attached hydrogens (tertiary/aromatic N) is 3. The van der Waals surface area contributed by atoms with Crippen molar-refractivity contribution in [1.82, 2.24) is 14.4 Å². The van der Waals surface area contributed by atoms with Crippen molar-refractivity contribution in [2.45, 2.75) is 130 Å². The third kappa shape index (κ3) is 21.4. The molecule has 1 aromatic heterocycles. The molecule has 1 heterocycles. The number of unbranched alkanes of at least 4 members (excludes halogenated alkanes) is 2. The lowest BCUT2D eigenvalue weighted by atomic mass is 9.95. The Morgan fingerprint density at radius 3 is 0.871 bits per heavy atom. The van der Waals surface area contributed by atoms with Gasteiger partial charge in [0.1, 0.15) is 0 Å². The smallest absolute Gasteiger partial charge is 0.0500 e. The molecule has 62 heavy (non-hydrogen) atoms. The van der Waals surface area contributed by atoms with Gasteiger partial charge in [-0.05, 0) is 71.6 Å². The van der Waals surface area contributed by atoms with E-state index in [-0.39, 0.29) is 0 Å². The fourth-order valence-electron chi connectivity index (χ4n) is 6.14. The number of benzene rings is 7. The number of hydrogen-bond acceptors (Lipinski definition) is 2. The van der Waals surface area contributed by atoms with Crippen LogP contribution in [0.25, 0.3) is 54.1 Å². The molecule has 0 bridgehead atoms. The van der Waals surface area contributed by atoms with E-state index in [9.17, 15) is 0 Å². The SMILES string of the molecule is CC.CC.CC.CC.CC.CC.CCCCC.CCN(C)CN(C)CC.Cn1c2ccccc2c2ccccc21.c1cc2ccc3cccc4ccc(c1)c2c34.c1ccccc1. The summed E-state index contributed by atoms with van der Waals surface area (Å²) in [6.45, 7) is 36.1. The minimum Gasteiger partial charge on any atom is -0.344 e. The maximum atomic E-state index is 2.28.